The Labute approximate surface area is 132 Å². The number of nitrogens with one attached hydrogen (secondary N) is 1. The minimum Gasteiger partial charge on any atom is -0.496 e. The molecule has 0 spiro atoms. The van der Waals surface area contributed by atoms with Crippen molar-refractivity contribution >= 4 is 15.7 Å². The van der Waals surface area contributed by atoms with Crippen molar-refractivity contribution in [2.45, 2.75) is 38.6 Å². The molecule has 1 amide bonds. The maximum atomic E-state index is 12.5. The number of amides is 1. The van der Waals surface area contributed by atoms with Gasteiger partial charge in [0.25, 0.3) is 5.91 Å². The highest BCUT2D eigenvalue weighted by molar-refractivity contribution is 7.91. The third kappa shape index (κ3) is 3.80. The quantitative estimate of drug-likeness (QED) is 0.921. The first-order chi connectivity index (χ1) is 10.1. The fourth-order valence-corrected chi connectivity index (χ4v) is 4.20. The number of benzene rings is 1. The van der Waals surface area contributed by atoms with Gasteiger partial charge in [0.2, 0.25) is 0 Å². The molecule has 5 nitrogen and oxygen atoms in total. The summed E-state index contributed by atoms with van der Waals surface area (Å²) >= 11 is 0. The predicted molar refractivity (Wildman–Crippen MR) is 86.2 cm³/mol. The monoisotopic (exact) mass is 325 g/mol. The second-order valence-corrected chi connectivity index (χ2v) is 8.97. The van der Waals surface area contributed by atoms with Gasteiger partial charge in [0, 0.05) is 6.04 Å². The first-order valence-corrected chi connectivity index (χ1v) is 9.14. The molecule has 1 saturated heterocycles. The molecule has 1 unspecified atom stereocenters. The molecule has 0 saturated carbocycles. The van der Waals surface area contributed by atoms with Gasteiger partial charge in [-0.05, 0) is 29.5 Å². The molecule has 6 heteroatoms. The average molecular weight is 325 g/mol. The zero-order valence-electron chi connectivity index (χ0n) is 13.5. The van der Waals surface area contributed by atoms with Crippen LogP contribution in [-0.4, -0.2) is 39.0 Å². The Morgan fingerprint density at radius 2 is 2.00 bits per heavy atom. The van der Waals surface area contributed by atoms with Gasteiger partial charge in [-0.25, -0.2) is 8.42 Å². The van der Waals surface area contributed by atoms with Crippen LogP contribution >= 0.6 is 0 Å². The Kier molecular flexibility index (Phi) is 4.52. The van der Waals surface area contributed by atoms with Gasteiger partial charge in [-0.1, -0.05) is 26.8 Å². The molecule has 0 bridgehead atoms. The first-order valence-electron chi connectivity index (χ1n) is 7.32. The lowest BCUT2D eigenvalue weighted by Gasteiger charge is -2.21. The van der Waals surface area contributed by atoms with Gasteiger partial charge in [-0.15, -0.1) is 0 Å². The topological polar surface area (TPSA) is 72.5 Å². The summed E-state index contributed by atoms with van der Waals surface area (Å²) in [6.07, 6.45) is 0.468. The van der Waals surface area contributed by atoms with Crippen molar-refractivity contribution in [1.29, 1.82) is 0 Å². The summed E-state index contributed by atoms with van der Waals surface area (Å²) in [5, 5.41) is 2.81. The van der Waals surface area contributed by atoms with E-state index < -0.39 is 9.84 Å². The number of carbonyl (C=O) groups excluding carboxylic acids is 1. The van der Waals surface area contributed by atoms with Crippen molar-refractivity contribution in [3.05, 3.63) is 29.3 Å². The van der Waals surface area contributed by atoms with Gasteiger partial charge in [0.05, 0.1) is 24.2 Å². The second-order valence-electron chi connectivity index (χ2n) is 6.74. The third-order valence-corrected chi connectivity index (χ3v) is 5.65. The molecule has 1 aliphatic rings. The average Bonchev–Trinajstić information content (AvgIpc) is 2.76. The molecule has 1 aromatic rings. The lowest BCUT2D eigenvalue weighted by molar-refractivity contribution is 0.0938. The molecule has 122 valence electrons. The summed E-state index contributed by atoms with van der Waals surface area (Å²) in [6.45, 7) is 6.21. The van der Waals surface area contributed by atoms with Gasteiger partial charge in [0.15, 0.2) is 9.84 Å². The normalized spacial score (nSPS) is 20.6. The maximum Gasteiger partial charge on any atom is 0.255 e. The van der Waals surface area contributed by atoms with Gasteiger partial charge in [-0.3, -0.25) is 4.79 Å². The van der Waals surface area contributed by atoms with Crippen LogP contribution in [0.5, 0.6) is 5.75 Å². The Bertz CT molecular complexity index is 674. The standard InChI is InChI=1S/C16H23NO4S/c1-16(2,3)11-5-6-14(21-4)13(9-11)15(18)17-12-7-8-22(19,20)10-12/h5-6,9,12H,7-8,10H2,1-4H3,(H,17,18). The van der Waals surface area contributed by atoms with Crippen molar-refractivity contribution < 1.29 is 17.9 Å². The lowest BCUT2D eigenvalue weighted by atomic mass is 9.86. The number of methoxy groups -OCH3 is 1. The molecule has 2 rings (SSSR count). The van der Waals surface area contributed by atoms with Crippen LogP contribution < -0.4 is 10.1 Å². The smallest absolute Gasteiger partial charge is 0.255 e. The Balaban J connectivity index is 2.24. The number of carbonyl (C=O) groups is 1. The van der Waals surface area contributed by atoms with Crippen LogP contribution in [0.3, 0.4) is 0 Å². The van der Waals surface area contributed by atoms with Crippen LogP contribution in [0.15, 0.2) is 18.2 Å². The summed E-state index contributed by atoms with van der Waals surface area (Å²) in [5.74, 6) is 0.355. The fourth-order valence-electron chi connectivity index (χ4n) is 2.52. The van der Waals surface area contributed by atoms with Gasteiger partial charge in [-0.2, -0.15) is 0 Å². The predicted octanol–water partition coefficient (Wildman–Crippen LogP) is 1.91. The van der Waals surface area contributed by atoms with E-state index in [0.29, 0.717) is 17.7 Å². The minimum absolute atomic E-state index is 0.0139. The number of hydrogen-bond donors (Lipinski definition) is 1. The summed E-state index contributed by atoms with van der Waals surface area (Å²) in [5.41, 5.74) is 1.38. The van der Waals surface area contributed by atoms with Crippen molar-refractivity contribution in [1.82, 2.24) is 5.32 Å². The minimum atomic E-state index is -3.02. The Morgan fingerprint density at radius 3 is 2.50 bits per heavy atom. The second kappa shape index (κ2) is 5.91. The molecular formula is C16H23NO4S. The highest BCUT2D eigenvalue weighted by Crippen LogP contribution is 2.28. The van der Waals surface area contributed by atoms with Crippen molar-refractivity contribution in [2.75, 3.05) is 18.6 Å². The Hall–Kier alpha value is -1.56. The van der Waals surface area contributed by atoms with Gasteiger partial charge >= 0.3 is 0 Å². The maximum absolute atomic E-state index is 12.5. The van der Waals surface area contributed by atoms with Gasteiger partial charge in [0.1, 0.15) is 5.75 Å². The van der Waals surface area contributed by atoms with E-state index in [-0.39, 0.29) is 28.9 Å². The van der Waals surface area contributed by atoms with Crippen molar-refractivity contribution in [3.8, 4) is 5.75 Å². The number of ether oxygens (including phenoxy) is 1. The van der Waals surface area contributed by atoms with Crippen LogP contribution in [0, 0.1) is 0 Å². The molecule has 0 aromatic heterocycles. The number of hydrogen-bond acceptors (Lipinski definition) is 4. The molecule has 1 fully saturated rings. The lowest BCUT2D eigenvalue weighted by Crippen LogP contribution is -2.36. The Morgan fingerprint density at radius 1 is 1.32 bits per heavy atom. The zero-order chi connectivity index (χ0) is 16.5. The molecule has 1 aliphatic heterocycles. The molecule has 0 aliphatic carbocycles. The van der Waals surface area contributed by atoms with E-state index in [0.717, 1.165) is 5.56 Å². The van der Waals surface area contributed by atoms with E-state index in [2.05, 4.69) is 26.1 Å². The molecule has 22 heavy (non-hydrogen) atoms. The summed E-state index contributed by atoms with van der Waals surface area (Å²) in [6, 6.07) is 5.22. The third-order valence-electron chi connectivity index (χ3n) is 3.88. The number of sulfone groups is 1. The molecule has 1 atom stereocenters. The van der Waals surface area contributed by atoms with E-state index in [4.69, 9.17) is 4.74 Å². The molecule has 0 radical (unpaired) electrons. The van der Waals surface area contributed by atoms with E-state index in [9.17, 15) is 13.2 Å². The van der Waals surface area contributed by atoms with E-state index in [1.165, 1.54) is 7.11 Å². The molecule has 1 N–H and O–H groups in total. The summed E-state index contributed by atoms with van der Waals surface area (Å²) < 4.78 is 28.2. The largest absolute Gasteiger partial charge is 0.496 e. The highest BCUT2D eigenvalue weighted by Gasteiger charge is 2.30. The first kappa shape index (κ1) is 16.8. The van der Waals surface area contributed by atoms with E-state index in [1.807, 2.05) is 12.1 Å². The molecule has 1 aromatic carbocycles. The van der Waals surface area contributed by atoms with Crippen LogP contribution in [-0.2, 0) is 15.3 Å². The van der Waals surface area contributed by atoms with Crippen molar-refractivity contribution in [3.63, 3.8) is 0 Å². The van der Waals surface area contributed by atoms with Crippen LogP contribution in [0.25, 0.3) is 0 Å². The summed E-state index contributed by atoms with van der Waals surface area (Å²) in [7, 11) is -1.50. The molecular weight excluding hydrogens is 302 g/mol. The van der Waals surface area contributed by atoms with Gasteiger partial charge < -0.3 is 10.1 Å². The van der Waals surface area contributed by atoms with Crippen LogP contribution in [0.4, 0.5) is 0 Å². The molecule has 1 heterocycles. The summed E-state index contributed by atoms with van der Waals surface area (Å²) in [4.78, 5) is 12.5. The van der Waals surface area contributed by atoms with E-state index in [1.54, 1.807) is 6.07 Å². The fraction of sp³-hybridized carbons (Fsp3) is 0.562. The zero-order valence-corrected chi connectivity index (χ0v) is 14.3. The SMILES string of the molecule is COc1ccc(C(C)(C)C)cc1C(=O)NC1CCS(=O)(=O)C1. The van der Waals surface area contributed by atoms with Crippen LogP contribution in [0.1, 0.15) is 43.1 Å². The van der Waals surface area contributed by atoms with Crippen molar-refractivity contribution in [2.24, 2.45) is 0 Å². The van der Waals surface area contributed by atoms with E-state index >= 15 is 0 Å². The van der Waals surface area contributed by atoms with Crippen LogP contribution in [0.2, 0.25) is 0 Å². The number of rotatable bonds is 3. The highest BCUT2D eigenvalue weighted by atomic mass is 32.2.